The average Bonchev–Trinajstić information content (AvgIpc) is 3.14. The number of nitrogens with zero attached hydrogens (tertiary/aromatic N) is 2. The maximum atomic E-state index is 15.7. The number of ether oxygens (including phenoxy) is 3. The van der Waals surface area contributed by atoms with E-state index in [0.717, 1.165) is 0 Å². The smallest absolute Gasteiger partial charge is 0.425 e. The lowest BCUT2D eigenvalue weighted by Crippen LogP contribution is -2.54. The van der Waals surface area contributed by atoms with Gasteiger partial charge in [0.25, 0.3) is 6.02 Å². The Labute approximate surface area is 287 Å². The van der Waals surface area contributed by atoms with E-state index in [0.29, 0.717) is 39.3 Å². The van der Waals surface area contributed by atoms with Gasteiger partial charge in [0.2, 0.25) is 0 Å². The van der Waals surface area contributed by atoms with Crippen molar-refractivity contribution in [1.82, 2.24) is 10.3 Å². The van der Waals surface area contributed by atoms with Crippen molar-refractivity contribution in [3.05, 3.63) is 161 Å². The molecule has 6 rings (SSSR count). The van der Waals surface area contributed by atoms with Crippen LogP contribution in [-0.4, -0.2) is 37.5 Å². The molecule has 0 radical (unpaired) electrons. The molecule has 0 saturated heterocycles. The van der Waals surface area contributed by atoms with Gasteiger partial charge in [-0.15, -0.1) is 0 Å². The molecule has 0 amide bonds. The fraction of sp³-hybridized carbons (Fsp3) is 0.200. The van der Waals surface area contributed by atoms with E-state index < -0.39 is 41.6 Å². The fourth-order valence-corrected chi connectivity index (χ4v) is 6.09. The molecule has 0 unspecified atom stereocenters. The zero-order valence-corrected chi connectivity index (χ0v) is 27.5. The summed E-state index contributed by atoms with van der Waals surface area (Å²) in [4.78, 5) is 8.78. The molecule has 10 heteroatoms. The molecule has 0 fully saturated rings. The first-order valence-corrected chi connectivity index (χ1v) is 15.7. The second-order valence-corrected chi connectivity index (χ2v) is 11.9. The number of hydrogen-bond donors (Lipinski definition) is 1. The number of pyridine rings is 1. The van der Waals surface area contributed by atoms with E-state index in [1.54, 1.807) is 63.0 Å². The summed E-state index contributed by atoms with van der Waals surface area (Å²) in [6, 6.07) is 30.7. The summed E-state index contributed by atoms with van der Waals surface area (Å²) in [5.41, 5.74) is -0.0936. The minimum absolute atomic E-state index is 0.0495. The van der Waals surface area contributed by atoms with Crippen molar-refractivity contribution < 1.29 is 31.8 Å². The van der Waals surface area contributed by atoms with E-state index in [2.05, 4.69) is 22.1 Å². The quantitative estimate of drug-likeness (QED) is 0.107. The van der Waals surface area contributed by atoms with Crippen LogP contribution in [0.25, 0.3) is 0 Å². The molecule has 5 aromatic rings. The Balaban J connectivity index is 1.54. The normalized spacial score (nSPS) is 17.4. The highest BCUT2D eigenvalue weighted by Gasteiger charge is 2.51. The van der Waals surface area contributed by atoms with Crippen molar-refractivity contribution in [2.24, 2.45) is 4.99 Å². The third kappa shape index (κ3) is 6.99. The largest absolute Gasteiger partial charge is 0.497 e. The Morgan fingerprint density at radius 2 is 1.38 bits per heavy atom. The molecule has 50 heavy (non-hydrogen) atoms. The van der Waals surface area contributed by atoms with E-state index in [4.69, 9.17) is 19.2 Å². The van der Waals surface area contributed by atoms with Crippen molar-refractivity contribution in [3.8, 4) is 23.3 Å². The molecule has 1 aliphatic heterocycles. The standard InChI is InChI=1S/C40H33F4N3O3/c1-38(34-24-27(13-22-35(34)41)11-12-28-8-7-23-45-26-28)25-36(40(42,43)44)50-37(46-38)47-39(29-9-5-4-6-10-29,30-14-18-32(48-2)19-15-30)31-16-20-33(49-3)21-17-31/h4-10,13-24,26,36H,25H2,1-3H3,(H,46,47)/t36-,38-/m0/s1. The number of alkyl halides is 3. The Hall–Kier alpha value is -5.82. The summed E-state index contributed by atoms with van der Waals surface area (Å²) in [7, 11) is 3.09. The van der Waals surface area contributed by atoms with Gasteiger partial charge in [-0.05, 0) is 78.2 Å². The van der Waals surface area contributed by atoms with Crippen LogP contribution in [-0.2, 0) is 15.8 Å². The maximum absolute atomic E-state index is 15.7. The van der Waals surface area contributed by atoms with E-state index in [1.165, 1.54) is 25.1 Å². The summed E-state index contributed by atoms with van der Waals surface area (Å²) in [5.74, 6) is 6.38. The lowest BCUT2D eigenvalue weighted by atomic mass is 9.77. The third-order valence-electron chi connectivity index (χ3n) is 8.66. The van der Waals surface area contributed by atoms with Crippen LogP contribution in [0.4, 0.5) is 17.6 Å². The Bertz CT molecular complexity index is 1980. The van der Waals surface area contributed by atoms with Crippen LogP contribution in [0.3, 0.4) is 0 Å². The number of halogens is 4. The van der Waals surface area contributed by atoms with Crippen molar-refractivity contribution in [2.45, 2.75) is 36.7 Å². The van der Waals surface area contributed by atoms with Gasteiger partial charge in [-0.3, -0.25) is 4.98 Å². The summed E-state index contributed by atoms with van der Waals surface area (Å²) >= 11 is 0. The summed E-state index contributed by atoms with van der Waals surface area (Å²) in [6.07, 6.45) is -4.57. The highest BCUT2D eigenvalue weighted by molar-refractivity contribution is 5.79. The molecule has 1 N–H and O–H groups in total. The topological polar surface area (TPSA) is 65.0 Å². The number of benzene rings is 4. The zero-order valence-electron chi connectivity index (χ0n) is 27.5. The highest BCUT2D eigenvalue weighted by atomic mass is 19.4. The molecule has 0 saturated carbocycles. The van der Waals surface area contributed by atoms with Crippen LogP contribution in [0.1, 0.15) is 46.7 Å². The van der Waals surface area contributed by atoms with E-state index in [9.17, 15) is 13.2 Å². The predicted molar refractivity (Wildman–Crippen MR) is 182 cm³/mol. The molecule has 4 aromatic carbocycles. The number of aliphatic imine (C=N–C) groups is 1. The van der Waals surface area contributed by atoms with Gasteiger partial charge in [0.15, 0.2) is 6.10 Å². The summed E-state index contributed by atoms with van der Waals surface area (Å²) in [6.45, 7) is 1.47. The molecule has 2 heterocycles. The Morgan fingerprint density at radius 3 is 1.94 bits per heavy atom. The Kier molecular flexibility index (Phi) is 9.51. The van der Waals surface area contributed by atoms with Crippen LogP contribution in [0.15, 0.2) is 127 Å². The molecule has 1 aromatic heterocycles. The Morgan fingerprint density at radius 1 is 0.780 bits per heavy atom. The SMILES string of the molecule is COc1ccc(C(NC2=N[C@](C)(c3cc(C#Cc4cccnc4)ccc3F)C[C@@H](C(F)(F)F)O2)(c2ccccc2)c2ccc(OC)cc2)cc1. The number of aromatic nitrogens is 1. The van der Waals surface area contributed by atoms with Crippen LogP contribution >= 0.6 is 0 Å². The molecule has 0 spiro atoms. The second kappa shape index (κ2) is 14.0. The molecule has 0 bridgehead atoms. The van der Waals surface area contributed by atoms with Crippen molar-refractivity contribution in [1.29, 1.82) is 0 Å². The highest BCUT2D eigenvalue weighted by Crippen LogP contribution is 2.44. The minimum Gasteiger partial charge on any atom is -0.497 e. The molecular formula is C40H33F4N3O3. The number of nitrogens with one attached hydrogen (secondary N) is 1. The summed E-state index contributed by atoms with van der Waals surface area (Å²) in [5, 5.41) is 3.29. The zero-order chi connectivity index (χ0) is 35.4. The van der Waals surface area contributed by atoms with E-state index >= 15 is 4.39 Å². The fourth-order valence-electron chi connectivity index (χ4n) is 6.09. The van der Waals surface area contributed by atoms with Crippen LogP contribution < -0.4 is 14.8 Å². The molecule has 254 valence electrons. The predicted octanol–water partition coefficient (Wildman–Crippen LogP) is 8.14. The average molecular weight is 680 g/mol. The van der Waals surface area contributed by atoms with Gasteiger partial charge in [-0.1, -0.05) is 66.4 Å². The monoisotopic (exact) mass is 679 g/mol. The summed E-state index contributed by atoms with van der Waals surface area (Å²) < 4.78 is 76.2. The first-order chi connectivity index (χ1) is 24.0. The van der Waals surface area contributed by atoms with Crippen molar-refractivity contribution >= 4 is 6.02 Å². The second-order valence-electron chi connectivity index (χ2n) is 11.9. The van der Waals surface area contributed by atoms with Crippen molar-refractivity contribution in [3.63, 3.8) is 0 Å². The minimum atomic E-state index is -4.80. The van der Waals surface area contributed by atoms with Gasteiger partial charge >= 0.3 is 6.18 Å². The van der Waals surface area contributed by atoms with Crippen LogP contribution in [0.2, 0.25) is 0 Å². The van der Waals surface area contributed by atoms with Gasteiger partial charge < -0.3 is 19.5 Å². The van der Waals surface area contributed by atoms with Gasteiger partial charge in [-0.25, -0.2) is 9.38 Å². The van der Waals surface area contributed by atoms with Gasteiger partial charge in [0.1, 0.15) is 22.9 Å². The molecule has 2 atom stereocenters. The van der Waals surface area contributed by atoms with Crippen molar-refractivity contribution in [2.75, 3.05) is 14.2 Å². The number of rotatable bonds is 7. The first kappa shape index (κ1) is 34.1. The molecule has 6 nitrogen and oxygen atoms in total. The lowest BCUT2D eigenvalue weighted by molar-refractivity contribution is -0.209. The van der Waals surface area contributed by atoms with Crippen LogP contribution in [0, 0.1) is 17.7 Å². The molecular weight excluding hydrogens is 646 g/mol. The number of hydrogen-bond acceptors (Lipinski definition) is 6. The van der Waals surface area contributed by atoms with E-state index in [-0.39, 0.29) is 5.56 Å². The first-order valence-electron chi connectivity index (χ1n) is 15.7. The number of methoxy groups -OCH3 is 2. The molecule has 1 aliphatic rings. The molecule has 0 aliphatic carbocycles. The van der Waals surface area contributed by atoms with Crippen LogP contribution in [0.5, 0.6) is 11.5 Å². The lowest BCUT2D eigenvalue weighted by Gasteiger charge is -2.42. The van der Waals surface area contributed by atoms with Gasteiger partial charge in [0.05, 0.1) is 19.8 Å². The maximum Gasteiger partial charge on any atom is 0.425 e. The van der Waals surface area contributed by atoms with Gasteiger partial charge in [0, 0.05) is 35.5 Å². The van der Waals surface area contributed by atoms with Gasteiger partial charge in [-0.2, -0.15) is 13.2 Å². The number of amidine groups is 1. The van der Waals surface area contributed by atoms with E-state index in [1.807, 2.05) is 54.6 Å². The third-order valence-corrected chi connectivity index (χ3v) is 8.66.